The summed E-state index contributed by atoms with van der Waals surface area (Å²) in [7, 11) is 0. The molecule has 2 N–H and O–H groups in total. The van der Waals surface area contributed by atoms with Crippen LogP contribution in [0.2, 0.25) is 0 Å². The highest BCUT2D eigenvalue weighted by Gasteiger charge is 2.55. The quantitative estimate of drug-likeness (QED) is 0.516. The zero-order chi connectivity index (χ0) is 20.4. The van der Waals surface area contributed by atoms with Crippen LogP contribution in [0, 0.1) is 17.3 Å². The van der Waals surface area contributed by atoms with Gasteiger partial charge in [0.1, 0.15) is 5.75 Å². The molecule has 4 rings (SSSR count). The minimum absolute atomic E-state index is 0.117. The SMILES string of the molecule is CCCCOCCCC[C@@H]1C[C@@H]2[C@H](CC[C@]3(C)[C@@H](O)CC[C@@H]23)c2ccc(O)cc21. The molecule has 0 aromatic heterocycles. The molecule has 3 aliphatic carbocycles. The van der Waals surface area contributed by atoms with Gasteiger partial charge in [-0.3, -0.25) is 0 Å². The Bertz CT molecular complexity index is 687. The van der Waals surface area contributed by atoms with Gasteiger partial charge in [0, 0.05) is 13.2 Å². The molecule has 0 heterocycles. The zero-order valence-electron chi connectivity index (χ0n) is 18.4. The van der Waals surface area contributed by atoms with Crippen LogP contribution in [0.1, 0.15) is 101 Å². The molecule has 0 aliphatic heterocycles. The van der Waals surface area contributed by atoms with E-state index in [9.17, 15) is 10.2 Å². The molecule has 0 spiro atoms. The van der Waals surface area contributed by atoms with Gasteiger partial charge in [0.05, 0.1) is 6.10 Å². The molecule has 1 aromatic carbocycles. The summed E-state index contributed by atoms with van der Waals surface area (Å²) in [4.78, 5) is 0. The molecule has 1 aromatic rings. The predicted octanol–water partition coefficient (Wildman–Crippen LogP) is 6.14. The van der Waals surface area contributed by atoms with Gasteiger partial charge in [-0.1, -0.05) is 32.8 Å². The number of aliphatic hydroxyl groups excluding tert-OH is 1. The number of rotatable bonds is 8. The molecule has 2 fully saturated rings. The highest BCUT2D eigenvalue weighted by atomic mass is 16.5. The van der Waals surface area contributed by atoms with Gasteiger partial charge in [-0.05, 0) is 104 Å². The number of phenols is 1. The Hall–Kier alpha value is -1.06. The number of hydrogen-bond acceptors (Lipinski definition) is 3. The zero-order valence-corrected chi connectivity index (χ0v) is 18.4. The lowest BCUT2D eigenvalue weighted by molar-refractivity contribution is -0.0253. The molecule has 3 aliphatic rings. The molecule has 6 atom stereocenters. The topological polar surface area (TPSA) is 49.7 Å². The first kappa shape index (κ1) is 21.2. The Labute approximate surface area is 176 Å². The third-order valence-corrected chi connectivity index (χ3v) is 8.59. The van der Waals surface area contributed by atoms with Crippen LogP contribution in [0.5, 0.6) is 5.75 Å². The summed E-state index contributed by atoms with van der Waals surface area (Å²) in [6.07, 6.45) is 11.4. The van der Waals surface area contributed by atoms with Crippen LogP contribution in [-0.4, -0.2) is 29.5 Å². The van der Waals surface area contributed by atoms with Crippen molar-refractivity contribution in [3.05, 3.63) is 29.3 Å². The third kappa shape index (κ3) is 4.10. The van der Waals surface area contributed by atoms with E-state index in [4.69, 9.17) is 4.74 Å². The lowest BCUT2D eigenvalue weighted by Crippen LogP contribution is -2.44. The van der Waals surface area contributed by atoms with E-state index in [2.05, 4.69) is 19.9 Å². The van der Waals surface area contributed by atoms with Crippen molar-refractivity contribution in [3.8, 4) is 5.75 Å². The van der Waals surface area contributed by atoms with Gasteiger partial charge in [0.15, 0.2) is 0 Å². The maximum atomic E-state index is 10.7. The molecule has 29 heavy (non-hydrogen) atoms. The van der Waals surface area contributed by atoms with E-state index in [0.717, 1.165) is 38.9 Å². The standard InChI is InChI=1S/C26H40O3/c1-3-4-14-29-15-6-5-7-18-16-23-21(20-9-8-19(27)17-22(18)20)12-13-26(2)24(23)10-11-25(26)28/h8-9,17-18,21,23-25,27-28H,3-7,10-16H2,1-2H3/t18-,21-,23-,24+,25+,26+/m1/s1. The van der Waals surface area contributed by atoms with Crippen molar-refractivity contribution in [2.45, 2.75) is 96.0 Å². The van der Waals surface area contributed by atoms with Crippen molar-refractivity contribution < 1.29 is 14.9 Å². The second kappa shape index (κ2) is 8.98. The molecular formula is C26H40O3. The summed E-state index contributed by atoms with van der Waals surface area (Å²) >= 11 is 0. The highest BCUT2D eigenvalue weighted by Crippen LogP contribution is 2.62. The summed E-state index contributed by atoms with van der Waals surface area (Å²) in [5, 5.41) is 20.9. The first-order valence-corrected chi connectivity index (χ1v) is 12.1. The van der Waals surface area contributed by atoms with Crippen molar-refractivity contribution in [1.29, 1.82) is 0 Å². The van der Waals surface area contributed by atoms with Crippen LogP contribution in [0.4, 0.5) is 0 Å². The largest absolute Gasteiger partial charge is 0.508 e. The van der Waals surface area contributed by atoms with Gasteiger partial charge in [0.25, 0.3) is 0 Å². The minimum atomic E-state index is -0.117. The molecule has 0 saturated heterocycles. The fourth-order valence-corrected chi connectivity index (χ4v) is 6.90. The average Bonchev–Trinajstić information content (AvgIpc) is 3.02. The van der Waals surface area contributed by atoms with Crippen LogP contribution in [0.3, 0.4) is 0 Å². The van der Waals surface area contributed by atoms with Gasteiger partial charge >= 0.3 is 0 Å². The second-order valence-electron chi connectivity index (χ2n) is 10.2. The number of fused-ring (bicyclic) bond motifs is 5. The molecule has 3 heteroatoms. The van der Waals surface area contributed by atoms with Crippen LogP contribution in [0.25, 0.3) is 0 Å². The maximum absolute atomic E-state index is 10.7. The molecule has 0 bridgehead atoms. The van der Waals surface area contributed by atoms with E-state index in [1.54, 1.807) is 0 Å². The first-order valence-electron chi connectivity index (χ1n) is 12.1. The van der Waals surface area contributed by atoms with Gasteiger partial charge in [-0.25, -0.2) is 0 Å². The van der Waals surface area contributed by atoms with Gasteiger partial charge in [0.2, 0.25) is 0 Å². The summed E-state index contributed by atoms with van der Waals surface area (Å²) < 4.78 is 5.75. The average molecular weight is 401 g/mol. The third-order valence-electron chi connectivity index (χ3n) is 8.59. The van der Waals surface area contributed by atoms with Gasteiger partial charge < -0.3 is 14.9 Å². The van der Waals surface area contributed by atoms with Gasteiger partial charge in [-0.15, -0.1) is 0 Å². The smallest absolute Gasteiger partial charge is 0.115 e. The van der Waals surface area contributed by atoms with Crippen molar-refractivity contribution in [3.63, 3.8) is 0 Å². The monoisotopic (exact) mass is 400 g/mol. The van der Waals surface area contributed by atoms with E-state index >= 15 is 0 Å². The van der Waals surface area contributed by atoms with Crippen molar-refractivity contribution >= 4 is 0 Å². The summed E-state index contributed by atoms with van der Waals surface area (Å²) in [5.74, 6) is 2.90. The van der Waals surface area contributed by atoms with E-state index in [1.807, 2.05) is 12.1 Å². The van der Waals surface area contributed by atoms with Crippen LogP contribution >= 0.6 is 0 Å². The molecule has 0 amide bonds. The lowest BCUT2D eigenvalue weighted by atomic mass is 9.53. The Balaban J connectivity index is 1.47. The van der Waals surface area contributed by atoms with Crippen LogP contribution in [0.15, 0.2) is 18.2 Å². The number of aromatic hydroxyl groups is 1. The molecular weight excluding hydrogens is 360 g/mol. The van der Waals surface area contributed by atoms with E-state index in [-0.39, 0.29) is 11.5 Å². The predicted molar refractivity (Wildman–Crippen MR) is 117 cm³/mol. The summed E-state index contributed by atoms with van der Waals surface area (Å²) in [6, 6.07) is 6.14. The summed E-state index contributed by atoms with van der Waals surface area (Å²) in [5.41, 5.74) is 3.01. The number of aliphatic hydroxyl groups is 1. The number of phenolic OH excluding ortho intramolecular Hbond substituents is 1. The normalized spacial score (nSPS) is 35.8. The molecule has 0 unspecified atom stereocenters. The number of ether oxygens (including phenoxy) is 1. The number of hydrogen-bond donors (Lipinski definition) is 2. The van der Waals surface area contributed by atoms with E-state index < -0.39 is 0 Å². The Morgan fingerprint density at radius 1 is 1.07 bits per heavy atom. The minimum Gasteiger partial charge on any atom is -0.508 e. The molecule has 3 nitrogen and oxygen atoms in total. The van der Waals surface area contributed by atoms with Crippen LogP contribution in [-0.2, 0) is 4.74 Å². The highest BCUT2D eigenvalue weighted by molar-refractivity contribution is 5.42. The number of unbranched alkanes of at least 4 members (excludes halogenated alkanes) is 2. The van der Waals surface area contributed by atoms with Gasteiger partial charge in [-0.2, -0.15) is 0 Å². The molecule has 2 saturated carbocycles. The van der Waals surface area contributed by atoms with E-state index in [1.165, 1.54) is 49.7 Å². The van der Waals surface area contributed by atoms with Crippen molar-refractivity contribution in [2.24, 2.45) is 17.3 Å². The fourth-order valence-electron chi connectivity index (χ4n) is 6.90. The molecule has 0 radical (unpaired) electrons. The van der Waals surface area contributed by atoms with Crippen LogP contribution < -0.4 is 0 Å². The molecule has 162 valence electrons. The van der Waals surface area contributed by atoms with Crippen molar-refractivity contribution in [1.82, 2.24) is 0 Å². The Morgan fingerprint density at radius 3 is 2.72 bits per heavy atom. The lowest BCUT2D eigenvalue weighted by Gasteiger charge is -2.51. The summed E-state index contributed by atoms with van der Waals surface area (Å²) in [6.45, 7) is 6.31. The first-order chi connectivity index (χ1) is 14.0. The Kier molecular flexibility index (Phi) is 6.56. The maximum Gasteiger partial charge on any atom is 0.115 e. The second-order valence-corrected chi connectivity index (χ2v) is 10.2. The fraction of sp³-hybridized carbons (Fsp3) is 0.769. The van der Waals surface area contributed by atoms with E-state index in [0.29, 0.717) is 29.4 Å². The Morgan fingerprint density at radius 2 is 1.90 bits per heavy atom. The number of benzene rings is 1. The van der Waals surface area contributed by atoms with Crippen molar-refractivity contribution in [2.75, 3.05) is 13.2 Å².